The second-order valence-electron chi connectivity index (χ2n) is 4.45. The van der Waals surface area contributed by atoms with E-state index in [-0.39, 0.29) is 6.10 Å². The highest BCUT2D eigenvalue weighted by Gasteiger charge is 2.30. The van der Waals surface area contributed by atoms with Crippen molar-refractivity contribution in [2.45, 2.75) is 31.9 Å². The lowest BCUT2D eigenvalue weighted by atomic mass is 10.2. The summed E-state index contributed by atoms with van der Waals surface area (Å²) in [5, 5.41) is 13.5. The molecule has 1 unspecified atom stereocenters. The summed E-state index contributed by atoms with van der Waals surface area (Å²) in [6, 6.07) is 0. The summed E-state index contributed by atoms with van der Waals surface area (Å²) < 4.78 is 5.07. The standard InChI is InChI=1S/C10H17N3O2/c1-13(2)6-9-11-10(15-12-9)5-8(14)7-3-4-7/h7-8,14H,3-6H2,1-2H3. The molecule has 1 saturated carbocycles. The van der Waals surface area contributed by atoms with Crippen LogP contribution >= 0.6 is 0 Å². The molecule has 0 radical (unpaired) electrons. The van der Waals surface area contributed by atoms with Gasteiger partial charge in [0, 0.05) is 0 Å². The van der Waals surface area contributed by atoms with Crippen molar-refractivity contribution in [3.8, 4) is 0 Å². The van der Waals surface area contributed by atoms with Gasteiger partial charge in [0.05, 0.1) is 19.1 Å². The van der Waals surface area contributed by atoms with E-state index in [0.29, 0.717) is 30.6 Å². The molecular weight excluding hydrogens is 194 g/mol. The molecule has 0 bridgehead atoms. The summed E-state index contributed by atoms with van der Waals surface area (Å²) in [4.78, 5) is 6.20. The molecule has 0 aromatic carbocycles. The van der Waals surface area contributed by atoms with Crippen LogP contribution < -0.4 is 0 Å². The largest absolute Gasteiger partial charge is 0.392 e. The third-order valence-corrected chi connectivity index (χ3v) is 2.52. The quantitative estimate of drug-likeness (QED) is 0.766. The van der Waals surface area contributed by atoms with Gasteiger partial charge in [0.1, 0.15) is 0 Å². The molecule has 5 heteroatoms. The Morgan fingerprint density at radius 1 is 1.53 bits per heavy atom. The minimum atomic E-state index is -0.308. The van der Waals surface area contributed by atoms with Crippen LogP contribution in [0.25, 0.3) is 0 Å². The smallest absolute Gasteiger partial charge is 0.229 e. The Hall–Kier alpha value is -0.940. The molecule has 1 N–H and O–H groups in total. The lowest BCUT2D eigenvalue weighted by Gasteiger charge is -2.04. The summed E-state index contributed by atoms with van der Waals surface area (Å²) >= 11 is 0. The van der Waals surface area contributed by atoms with Crippen molar-refractivity contribution in [1.82, 2.24) is 15.0 Å². The van der Waals surface area contributed by atoms with Gasteiger partial charge in [0.15, 0.2) is 5.82 Å². The molecule has 1 aromatic rings. The van der Waals surface area contributed by atoms with Crippen molar-refractivity contribution >= 4 is 0 Å². The number of aliphatic hydroxyl groups excluding tert-OH is 1. The Bertz CT molecular complexity index is 320. The van der Waals surface area contributed by atoms with Crippen molar-refractivity contribution < 1.29 is 9.63 Å². The van der Waals surface area contributed by atoms with Gasteiger partial charge in [-0.15, -0.1) is 0 Å². The van der Waals surface area contributed by atoms with E-state index in [4.69, 9.17) is 4.52 Å². The fourth-order valence-electron chi connectivity index (χ4n) is 1.55. The fraction of sp³-hybridized carbons (Fsp3) is 0.800. The van der Waals surface area contributed by atoms with Crippen molar-refractivity contribution in [3.63, 3.8) is 0 Å². The van der Waals surface area contributed by atoms with E-state index in [9.17, 15) is 5.11 Å². The van der Waals surface area contributed by atoms with E-state index in [1.807, 2.05) is 19.0 Å². The first-order chi connectivity index (χ1) is 7.15. The van der Waals surface area contributed by atoms with E-state index < -0.39 is 0 Å². The number of aliphatic hydroxyl groups is 1. The van der Waals surface area contributed by atoms with Crippen LogP contribution in [-0.4, -0.2) is 40.3 Å². The third kappa shape index (κ3) is 3.00. The third-order valence-electron chi connectivity index (χ3n) is 2.52. The van der Waals surface area contributed by atoms with Gasteiger partial charge in [-0.1, -0.05) is 5.16 Å². The van der Waals surface area contributed by atoms with Crippen molar-refractivity contribution in [2.75, 3.05) is 14.1 Å². The minimum absolute atomic E-state index is 0.308. The number of nitrogens with zero attached hydrogens (tertiary/aromatic N) is 3. The molecule has 0 aliphatic heterocycles. The molecule has 1 aromatic heterocycles. The normalized spacial score (nSPS) is 18.4. The lowest BCUT2D eigenvalue weighted by Crippen LogP contribution is -2.14. The van der Waals surface area contributed by atoms with E-state index in [0.717, 1.165) is 12.8 Å². The Morgan fingerprint density at radius 3 is 2.87 bits per heavy atom. The molecule has 1 heterocycles. The monoisotopic (exact) mass is 211 g/mol. The molecule has 1 fully saturated rings. The average molecular weight is 211 g/mol. The molecule has 1 atom stereocenters. The zero-order valence-corrected chi connectivity index (χ0v) is 9.18. The molecule has 0 saturated heterocycles. The van der Waals surface area contributed by atoms with Crippen LogP contribution in [0.3, 0.4) is 0 Å². The first-order valence-electron chi connectivity index (χ1n) is 5.29. The average Bonchev–Trinajstić information content (AvgIpc) is 2.90. The second-order valence-corrected chi connectivity index (χ2v) is 4.45. The van der Waals surface area contributed by atoms with Crippen molar-refractivity contribution in [2.24, 2.45) is 5.92 Å². The van der Waals surface area contributed by atoms with E-state index >= 15 is 0 Å². The zero-order valence-electron chi connectivity index (χ0n) is 9.18. The van der Waals surface area contributed by atoms with Crippen LogP contribution in [0.2, 0.25) is 0 Å². The van der Waals surface area contributed by atoms with Gasteiger partial charge in [-0.2, -0.15) is 4.98 Å². The summed E-state index contributed by atoms with van der Waals surface area (Å²) in [6.45, 7) is 0.670. The van der Waals surface area contributed by atoms with Gasteiger partial charge < -0.3 is 14.5 Å². The predicted molar refractivity (Wildman–Crippen MR) is 54.1 cm³/mol. The molecular formula is C10H17N3O2. The maximum absolute atomic E-state index is 9.70. The minimum Gasteiger partial charge on any atom is -0.392 e. The highest BCUT2D eigenvalue weighted by molar-refractivity contribution is 4.91. The SMILES string of the molecule is CN(C)Cc1noc(CC(O)C2CC2)n1. The van der Waals surface area contributed by atoms with E-state index in [1.54, 1.807) is 0 Å². The first-order valence-corrected chi connectivity index (χ1v) is 5.29. The Labute approximate surface area is 89.1 Å². The molecule has 84 valence electrons. The summed E-state index contributed by atoms with van der Waals surface area (Å²) in [7, 11) is 3.91. The fourth-order valence-corrected chi connectivity index (χ4v) is 1.55. The van der Waals surface area contributed by atoms with Gasteiger partial charge in [-0.3, -0.25) is 0 Å². The van der Waals surface area contributed by atoms with Crippen LogP contribution in [0.15, 0.2) is 4.52 Å². The zero-order chi connectivity index (χ0) is 10.8. The Kier molecular flexibility index (Phi) is 3.02. The van der Waals surface area contributed by atoms with Gasteiger partial charge in [-0.25, -0.2) is 0 Å². The molecule has 5 nitrogen and oxygen atoms in total. The van der Waals surface area contributed by atoms with Gasteiger partial charge in [0.25, 0.3) is 0 Å². The summed E-state index contributed by atoms with van der Waals surface area (Å²) in [5.74, 6) is 1.68. The molecule has 2 rings (SSSR count). The highest BCUT2D eigenvalue weighted by Crippen LogP contribution is 2.33. The molecule has 0 spiro atoms. The van der Waals surface area contributed by atoms with Gasteiger partial charge >= 0.3 is 0 Å². The van der Waals surface area contributed by atoms with Crippen LogP contribution in [0.5, 0.6) is 0 Å². The van der Waals surface area contributed by atoms with Gasteiger partial charge in [0.2, 0.25) is 5.89 Å². The van der Waals surface area contributed by atoms with Crippen LogP contribution in [-0.2, 0) is 13.0 Å². The molecule has 15 heavy (non-hydrogen) atoms. The molecule has 1 aliphatic rings. The van der Waals surface area contributed by atoms with E-state index in [2.05, 4.69) is 10.1 Å². The van der Waals surface area contributed by atoms with Crippen molar-refractivity contribution in [1.29, 1.82) is 0 Å². The number of rotatable bonds is 5. The topological polar surface area (TPSA) is 62.4 Å². The second kappa shape index (κ2) is 4.28. The van der Waals surface area contributed by atoms with Crippen LogP contribution in [0, 0.1) is 5.92 Å². The van der Waals surface area contributed by atoms with Crippen LogP contribution in [0.1, 0.15) is 24.6 Å². The predicted octanol–water partition coefficient (Wildman–Crippen LogP) is 0.445. The Balaban J connectivity index is 1.88. The number of hydrogen-bond donors (Lipinski definition) is 1. The highest BCUT2D eigenvalue weighted by atomic mass is 16.5. The number of aromatic nitrogens is 2. The maximum atomic E-state index is 9.70. The number of hydrogen-bond acceptors (Lipinski definition) is 5. The Morgan fingerprint density at radius 2 is 2.27 bits per heavy atom. The summed E-state index contributed by atoms with van der Waals surface area (Å²) in [5.41, 5.74) is 0. The molecule has 1 aliphatic carbocycles. The lowest BCUT2D eigenvalue weighted by molar-refractivity contribution is 0.140. The van der Waals surface area contributed by atoms with Crippen molar-refractivity contribution in [3.05, 3.63) is 11.7 Å². The first kappa shape index (κ1) is 10.6. The summed E-state index contributed by atoms with van der Waals surface area (Å²) in [6.07, 6.45) is 2.43. The molecule has 0 amide bonds. The van der Waals surface area contributed by atoms with E-state index in [1.165, 1.54) is 0 Å². The van der Waals surface area contributed by atoms with Crippen LogP contribution in [0.4, 0.5) is 0 Å². The maximum Gasteiger partial charge on any atom is 0.229 e. The van der Waals surface area contributed by atoms with Gasteiger partial charge in [-0.05, 0) is 32.9 Å².